The molecule has 3 rings (SSSR count). The first-order chi connectivity index (χ1) is 13.7. The lowest BCUT2D eigenvalue weighted by Crippen LogP contribution is -2.14. The topological polar surface area (TPSA) is 98.0 Å². The molecule has 1 aromatic heterocycles. The number of hydrogen-bond donors (Lipinski definition) is 2. The Balaban J connectivity index is 1.98. The molecule has 29 heavy (non-hydrogen) atoms. The summed E-state index contributed by atoms with van der Waals surface area (Å²) in [6.07, 6.45) is 2.56. The molecule has 0 fully saturated rings. The van der Waals surface area contributed by atoms with Crippen LogP contribution in [0.4, 0.5) is 20.4 Å². The maximum atomic E-state index is 14.7. The van der Waals surface area contributed by atoms with Gasteiger partial charge in [0.05, 0.1) is 21.7 Å². The SMILES string of the molecule is Nc1ncc(C#Cc2c(F)ccc(NS(=O)(=O)c3cc(Cl)cc(Cl)c3)c2F)cn1. The summed E-state index contributed by atoms with van der Waals surface area (Å²) >= 11 is 11.6. The largest absolute Gasteiger partial charge is 0.368 e. The van der Waals surface area contributed by atoms with Crippen LogP contribution in [0.15, 0.2) is 47.6 Å². The van der Waals surface area contributed by atoms with Gasteiger partial charge in [-0.05, 0) is 30.3 Å². The summed E-state index contributed by atoms with van der Waals surface area (Å²) in [7, 11) is -4.25. The number of nitrogens with one attached hydrogen (secondary N) is 1. The highest BCUT2D eigenvalue weighted by molar-refractivity contribution is 7.92. The van der Waals surface area contributed by atoms with Gasteiger partial charge in [-0.3, -0.25) is 4.72 Å². The Labute approximate surface area is 174 Å². The zero-order valence-electron chi connectivity index (χ0n) is 14.2. The molecule has 0 radical (unpaired) electrons. The number of sulfonamides is 1. The van der Waals surface area contributed by atoms with Crippen LogP contribution in [0.25, 0.3) is 0 Å². The second-order valence-corrected chi connectivity index (χ2v) is 8.13. The van der Waals surface area contributed by atoms with Crippen molar-refractivity contribution in [3.05, 3.63) is 75.5 Å². The van der Waals surface area contributed by atoms with Gasteiger partial charge < -0.3 is 5.73 Å². The normalized spacial score (nSPS) is 10.9. The molecule has 11 heteroatoms. The summed E-state index contributed by atoms with van der Waals surface area (Å²) in [5, 5.41) is 0.157. The third-order valence-corrected chi connectivity index (χ3v) is 5.27. The van der Waals surface area contributed by atoms with Crippen molar-refractivity contribution in [2.24, 2.45) is 0 Å². The van der Waals surface area contributed by atoms with Gasteiger partial charge in [0.15, 0.2) is 5.82 Å². The molecule has 0 aliphatic carbocycles. The van der Waals surface area contributed by atoms with Crippen LogP contribution in [0.1, 0.15) is 11.1 Å². The van der Waals surface area contributed by atoms with Crippen LogP contribution in [-0.4, -0.2) is 18.4 Å². The smallest absolute Gasteiger partial charge is 0.262 e. The van der Waals surface area contributed by atoms with Gasteiger partial charge in [-0.1, -0.05) is 35.0 Å². The Hall–Kier alpha value is -2.93. The Morgan fingerprint density at radius 3 is 2.24 bits per heavy atom. The second-order valence-electron chi connectivity index (χ2n) is 5.57. The van der Waals surface area contributed by atoms with Crippen molar-refractivity contribution in [3.63, 3.8) is 0 Å². The Morgan fingerprint density at radius 1 is 1.00 bits per heavy atom. The molecule has 0 aliphatic rings. The van der Waals surface area contributed by atoms with Crippen molar-refractivity contribution in [1.29, 1.82) is 0 Å². The number of anilines is 2. The van der Waals surface area contributed by atoms with Crippen molar-refractivity contribution in [3.8, 4) is 11.8 Å². The van der Waals surface area contributed by atoms with Gasteiger partial charge in [-0.2, -0.15) is 0 Å². The monoisotopic (exact) mass is 454 g/mol. The van der Waals surface area contributed by atoms with E-state index < -0.39 is 32.9 Å². The highest BCUT2D eigenvalue weighted by Gasteiger charge is 2.20. The van der Waals surface area contributed by atoms with E-state index in [1.54, 1.807) is 0 Å². The second kappa shape index (κ2) is 8.21. The minimum atomic E-state index is -4.25. The van der Waals surface area contributed by atoms with Crippen LogP contribution >= 0.6 is 23.2 Å². The summed E-state index contributed by atoms with van der Waals surface area (Å²) < 4.78 is 55.8. The quantitative estimate of drug-likeness (QED) is 0.585. The average Bonchev–Trinajstić information content (AvgIpc) is 2.64. The average molecular weight is 455 g/mol. The fourth-order valence-corrected chi connectivity index (χ4v) is 3.96. The molecule has 0 bridgehead atoms. The highest BCUT2D eigenvalue weighted by atomic mass is 35.5. The maximum Gasteiger partial charge on any atom is 0.262 e. The van der Waals surface area contributed by atoms with Crippen molar-refractivity contribution in [1.82, 2.24) is 9.97 Å². The van der Waals surface area contributed by atoms with Crippen LogP contribution in [0, 0.1) is 23.5 Å². The number of rotatable bonds is 3. The third kappa shape index (κ3) is 4.92. The molecular formula is C18H10Cl2F2N4O2S. The summed E-state index contributed by atoms with van der Waals surface area (Å²) in [6, 6.07) is 5.44. The van der Waals surface area contributed by atoms with Crippen LogP contribution in [-0.2, 0) is 10.0 Å². The molecule has 0 amide bonds. The highest BCUT2D eigenvalue weighted by Crippen LogP contribution is 2.26. The van der Waals surface area contributed by atoms with Crippen LogP contribution in [0.5, 0.6) is 0 Å². The lowest BCUT2D eigenvalue weighted by molar-refractivity contribution is 0.578. The van der Waals surface area contributed by atoms with Gasteiger partial charge in [-0.15, -0.1) is 0 Å². The molecular weight excluding hydrogens is 445 g/mol. The molecule has 2 aromatic carbocycles. The number of nitrogens with zero attached hydrogens (tertiary/aromatic N) is 2. The number of halogens is 4. The summed E-state index contributed by atoms with van der Waals surface area (Å²) in [5.74, 6) is 2.64. The molecule has 6 nitrogen and oxygen atoms in total. The Kier molecular flexibility index (Phi) is 5.88. The van der Waals surface area contributed by atoms with E-state index in [1.807, 2.05) is 4.72 Å². The van der Waals surface area contributed by atoms with Crippen molar-refractivity contribution in [2.45, 2.75) is 4.90 Å². The van der Waals surface area contributed by atoms with E-state index in [0.717, 1.165) is 24.3 Å². The molecule has 0 spiro atoms. The standard InChI is InChI=1S/C18H10Cl2F2N4O2S/c19-11-5-12(20)7-13(6-11)29(27,28)26-16-4-3-15(21)14(17(16)22)2-1-10-8-24-18(23)25-9-10/h3-9,26H,(H2,23,24,25). The van der Waals surface area contributed by atoms with E-state index in [-0.39, 0.29) is 26.5 Å². The minimum absolute atomic E-state index is 0.0189. The number of nitrogen functional groups attached to an aromatic ring is 1. The van der Waals surface area contributed by atoms with Gasteiger partial charge >= 0.3 is 0 Å². The maximum absolute atomic E-state index is 14.7. The third-order valence-electron chi connectivity index (χ3n) is 3.49. The fraction of sp³-hybridized carbons (Fsp3) is 0. The lowest BCUT2D eigenvalue weighted by atomic mass is 10.1. The predicted molar refractivity (Wildman–Crippen MR) is 106 cm³/mol. The van der Waals surface area contributed by atoms with Gasteiger partial charge in [-0.25, -0.2) is 27.2 Å². The molecule has 3 N–H and O–H groups in total. The number of aromatic nitrogens is 2. The van der Waals surface area contributed by atoms with Crippen molar-refractivity contribution < 1.29 is 17.2 Å². The first kappa shape index (κ1) is 20.8. The lowest BCUT2D eigenvalue weighted by Gasteiger charge is -2.11. The molecule has 3 aromatic rings. The summed E-state index contributed by atoms with van der Waals surface area (Å²) in [4.78, 5) is 7.14. The first-order valence-electron chi connectivity index (χ1n) is 7.72. The van der Waals surface area contributed by atoms with Crippen molar-refractivity contribution >= 4 is 44.9 Å². The molecule has 0 unspecified atom stereocenters. The molecule has 0 saturated heterocycles. The number of hydrogen-bond acceptors (Lipinski definition) is 5. The number of benzene rings is 2. The van der Waals surface area contributed by atoms with E-state index in [9.17, 15) is 17.2 Å². The molecule has 0 atom stereocenters. The van der Waals surface area contributed by atoms with Crippen LogP contribution < -0.4 is 10.5 Å². The molecule has 148 valence electrons. The van der Waals surface area contributed by atoms with Gasteiger partial charge in [0.2, 0.25) is 5.95 Å². The first-order valence-corrected chi connectivity index (χ1v) is 9.96. The summed E-state index contributed by atoms with van der Waals surface area (Å²) in [6.45, 7) is 0. The van der Waals surface area contributed by atoms with Crippen LogP contribution in [0.2, 0.25) is 10.0 Å². The molecule has 0 aliphatic heterocycles. The molecule has 1 heterocycles. The van der Waals surface area contributed by atoms with Gasteiger partial charge in [0.25, 0.3) is 10.0 Å². The molecule has 0 saturated carbocycles. The Morgan fingerprint density at radius 2 is 1.62 bits per heavy atom. The van der Waals surface area contributed by atoms with E-state index in [4.69, 9.17) is 28.9 Å². The zero-order valence-corrected chi connectivity index (χ0v) is 16.6. The van der Waals surface area contributed by atoms with E-state index in [2.05, 4.69) is 21.8 Å². The van der Waals surface area contributed by atoms with Gasteiger partial charge in [0, 0.05) is 22.4 Å². The van der Waals surface area contributed by atoms with Crippen molar-refractivity contribution in [2.75, 3.05) is 10.5 Å². The number of nitrogens with two attached hydrogens (primary N) is 1. The minimum Gasteiger partial charge on any atom is -0.368 e. The Bertz CT molecular complexity index is 1240. The van der Waals surface area contributed by atoms with E-state index in [1.165, 1.54) is 18.5 Å². The zero-order chi connectivity index (χ0) is 21.2. The summed E-state index contributed by atoms with van der Waals surface area (Å²) in [5.41, 5.74) is 4.48. The van der Waals surface area contributed by atoms with Crippen LogP contribution in [0.3, 0.4) is 0 Å². The van der Waals surface area contributed by atoms with E-state index in [0.29, 0.717) is 0 Å². The fourth-order valence-electron chi connectivity index (χ4n) is 2.17. The van der Waals surface area contributed by atoms with Gasteiger partial charge in [0.1, 0.15) is 5.82 Å². The van der Waals surface area contributed by atoms with E-state index >= 15 is 0 Å². The predicted octanol–water partition coefficient (Wildman–Crippen LogP) is 3.84.